The van der Waals surface area contributed by atoms with Crippen molar-refractivity contribution >= 4 is 24.1 Å². The molecule has 4 heterocycles. The van der Waals surface area contributed by atoms with E-state index in [9.17, 15) is 23.6 Å². The highest BCUT2D eigenvalue weighted by atomic mass is 19.1. The number of piperazine rings is 1. The van der Waals surface area contributed by atoms with Crippen LogP contribution in [0, 0.1) is 29.9 Å². The Morgan fingerprint density at radius 1 is 1.18 bits per heavy atom. The van der Waals surface area contributed by atoms with E-state index >= 15 is 0 Å². The fourth-order valence-corrected chi connectivity index (χ4v) is 4.68. The van der Waals surface area contributed by atoms with Crippen LogP contribution >= 0.6 is 0 Å². The van der Waals surface area contributed by atoms with Crippen LogP contribution in [0.1, 0.15) is 29.3 Å². The summed E-state index contributed by atoms with van der Waals surface area (Å²) in [6.45, 7) is 2.97. The standard InChI is InChI=1S/C25H24F2N10O2/c1-15-19(13-36(33-15)14-22(29)38)23-20(27)12-30-24(32-23)34-4-6-35(7-5-34)25(39)37-21(2-3-31-37)17-8-16(11-28)9-18(26)10-17/h3,8-10,12-13,21H,2,4-7,14H2,1H3,(H2,29,38)/t21-/m0/s1. The monoisotopic (exact) mass is 534 g/mol. The van der Waals surface area contributed by atoms with Gasteiger partial charge in [-0.2, -0.15) is 15.5 Å². The number of primary amides is 1. The highest BCUT2D eigenvalue weighted by molar-refractivity contribution is 5.79. The Balaban J connectivity index is 1.28. The van der Waals surface area contributed by atoms with Gasteiger partial charge in [-0.1, -0.05) is 0 Å². The molecule has 14 heteroatoms. The number of anilines is 1. The van der Waals surface area contributed by atoms with Crippen LogP contribution in [0.2, 0.25) is 0 Å². The number of nitriles is 1. The maximum absolute atomic E-state index is 14.7. The fraction of sp³-hybridized carbons (Fsp3) is 0.320. The van der Waals surface area contributed by atoms with E-state index in [1.165, 1.54) is 22.0 Å². The molecule has 1 fully saturated rings. The van der Waals surface area contributed by atoms with E-state index in [0.29, 0.717) is 55.4 Å². The van der Waals surface area contributed by atoms with Gasteiger partial charge < -0.3 is 15.5 Å². The lowest BCUT2D eigenvalue weighted by molar-refractivity contribution is -0.118. The fourth-order valence-electron chi connectivity index (χ4n) is 4.68. The van der Waals surface area contributed by atoms with Crippen molar-refractivity contribution in [1.82, 2.24) is 29.7 Å². The van der Waals surface area contributed by atoms with Crippen LogP contribution in [0.25, 0.3) is 11.3 Å². The second-order valence-electron chi connectivity index (χ2n) is 9.19. The van der Waals surface area contributed by atoms with Crippen LogP contribution in [0.5, 0.6) is 0 Å². The van der Waals surface area contributed by atoms with Gasteiger partial charge in [0.15, 0.2) is 5.82 Å². The van der Waals surface area contributed by atoms with E-state index in [4.69, 9.17) is 5.73 Å². The Kier molecular flexibility index (Phi) is 6.88. The smallest absolute Gasteiger partial charge is 0.341 e. The number of aromatic nitrogens is 4. The number of hydrazone groups is 1. The molecular formula is C25H24F2N10O2. The Hall–Kier alpha value is -4.93. The quantitative estimate of drug-likeness (QED) is 0.526. The summed E-state index contributed by atoms with van der Waals surface area (Å²) in [7, 11) is 0. The molecule has 1 aromatic carbocycles. The lowest BCUT2D eigenvalue weighted by Gasteiger charge is -2.37. The lowest BCUT2D eigenvalue weighted by Crippen LogP contribution is -2.52. The molecule has 12 nitrogen and oxygen atoms in total. The van der Waals surface area contributed by atoms with Gasteiger partial charge in [0, 0.05) is 50.6 Å². The lowest BCUT2D eigenvalue weighted by atomic mass is 10.0. The highest BCUT2D eigenvalue weighted by Gasteiger charge is 2.34. The van der Waals surface area contributed by atoms with Crippen molar-refractivity contribution in [2.24, 2.45) is 10.8 Å². The predicted molar refractivity (Wildman–Crippen MR) is 135 cm³/mol. The molecule has 0 radical (unpaired) electrons. The summed E-state index contributed by atoms with van der Waals surface area (Å²) < 4.78 is 30.0. The minimum atomic E-state index is -0.635. The van der Waals surface area contributed by atoms with Crippen molar-refractivity contribution in [3.63, 3.8) is 0 Å². The molecule has 2 aliphatic heterocycles. The number of amides is 3. The summed E-state index contributed by atoms with van der Waals surface area (Å²) in [5.41, 5.74) is 6.85. The molecule has 1 atom stereocenters. The molecule has 0 bridgehead atoms. The van der Waals surface area contributed by atoms with Gasteiger partial charge in [0.1, 0.15) is 18.1 Å². The minimum absolute atomic E-state index is 0.0489. The molecule has 5 rings (SSSR count). The van der Waals surface area contributed by atoms with Crippen molar-refractivity contribution in [2.75, 3.05) is 31.1 Å². The molecule has 0 saturated carbocycles. The minimum Gasteiger partial charge on any atom is -0.368 e. The van der Waals surface area contributed by atoms with E-state index < -0.39 is 23.6 Å². The third-order valence-corrected chi connectivity index (χ3v) is 6.54. The summed E-state index contributed by atoms with van der Waals surface area (Å²) in [5.74, 6) is -1.47. The van der Waals surface area contributed by atoms with E-state index in [1.807, 2.05) is 11.0 Å². The molecule has 200 valence electrons. The normalized spacial score (nSPS) is 17.0. The topological polar surface area (TPSA) is 150 Å². The van der Waals surface area contributed by atoms with Crippen LogP contribution in [0.4, 0.5) is 19.5 Å². The summed E-state index contributed by atoms with van der Waals surface area (Å²) in [5, 5.41) is 18.9. The average molecular weight is 535 g/mol. The van der Waals surface area contributed by atoms with Gasteiger partial charge in [-0.3, -0.25) is 9.48 Å². The van der Waals surface area contributed by atoms with Crippen LogP contribution in [-0.4, -0.2) is 74.0 Å². The van der Waals surface area contributed by atoms with Gasteiger partial charge in [0.2, 0.25) is 11.9 Å². The van der Waals surface area contributed by atoms with Crippen molar-refractivity contribution in [1.29, 1.82) is 5.26 Å². The summed E-state index contributed by atoms with van der Waals surface area (Å²) in [6, 6.07) is 5.08. The average Bonchev–Trinajstić information content (AvgIpc) is 3.54. The summed E-state index contributed by atoms with van der Waals surface area (Å²) in [6.07, 6.45) is 4.59. The number of nitrogens with zero attached hydrogens (tertiary/aromatic N) is 9. The Morgan fingerprint density at radius 3 is 2.67 bits per heavy atom. The van der Waals surface area contributed by atoms with E-state index in [1.54, 1.807) is 24.1 Å². The Labute approximate surface area is 221 Å². The van der Waals surface area contributed by atoms with Crippen molar-refractivity contribution in [3.05, 3.63) is 59.0 Å². The number of aryl methyl sites for hydroxylation is 1. The molecule has 2 aromatic heterocycles. The number of carbonyl (C=O) groups excluding carboxylic acids is 2. The molecular weight excluding hydrogens is 510 g/mol. The van der Waals surface area contributed by atoms with Gasteiger partial charge >= 0.3 is 6.03 Å². The third-order valence-electron chi connectivity index (χ3n) is 6.54. The van der Waals surface area contributed by atoms with Crippen LogP contribution < -0.4 is 10.6 Å². The number of halogens is 2. The molecule has 3 aromatic rings. The van der Waals surface area contributed by atoms with E-state index in [0.717, 1.165) is 12.3 Å². The molecule has 39 heavy (non-hydrogen) atoms. The van der Waals surface area contributed by atoms with Gasteiger partial charge in [0.25, 0.3) is 0 Å². The van der Waals surface area contributed by atoms with E-state index in [2.05, 4.69) is 20.2 Å². The third kappa shape index (κ3) is 5.24. The first-order valence-corrected chi connectivity index (χ1v) is 12.1. The van der Waals surface area contributed by atoms with Gasteiger partial charge in [-0.05, 0) is 30.7 Å². The van der Waals surface area contributed by atoms with Crippen LogP contribution in [0.15, 0.2) is 35.7 Å². The van der Waals surface area contributed by atoms with Gasteiger partial charge in [-0.15, -0.1) is 0 Å². The first-order chi connectivity index (χ1) is 18.7. The van der Waals surface area contributed by atoms with Gasteiger partial charge in [-0.25, -0.2) is 28.6 Å². The van der Waals surface area contributed by atoms with Crippen LogP contribution in [-0.2, 0) is 11.3 Å². The number of urea groups is 1. The summed E-state index contributed by atoms with van der Waals surface area (Å²) >= 11 is 0. The molecule has 2 N–H and O–H groups in total. The number of hydrogen-bond donors (Lipinski definition) is 1. The largest absolute Gasteiger partial charge is 0.368 e. The zero-order chi connectivity index (χ0) is 27.7. The predicted octanol–water partition coefficient (Wildman–Crippen LogP) is 1.96. The number of nitrogens with two attached hydrogens (primary N) is 1. The van der Waals surface area contributed by atoms with Gasteiger partial charge in [0.05, 0.1) is 29.6 Å². The second kappa shape index (κ2) is 10.4. The van der Waals surface area contributed by atoms with E-state index in [-0.39, 0.29) is 23.8 Å². The maximum atomic E-state index is 14.7. The second-order valence-corrected chi connectivity index (χ2v) is 9.19. The number of carbonyl (C=O) groups is 2. The molecule has 0 aliphatic carbocycles. The molecule has 2 aliphatic rings. The molecule has 1 saturated heterocycles. The Bertz CT molecular complexity index is 1510. The van der Waals surface area contributed by atoms with Crippen molar-refractivity contribution in [2.45, 2.75) is 25.9 Å². The zero-order valence-corrected chi connectivity index (χ0v) is 21.0. The molecule has 0 unspecified atom stereocenters. The Morgan fingerprint density at radius 2 is 1.95 bits per heavy atom. The van der Waals surface area contributed by atoms with Crippen molar-refractivity contribution < 1.29 is 18.4 Å². The zero-order valence-electron chi connectivity index (χ0n) is 21.0. The first kappa shape index (κ1) is 25.7. The first-order valence-electron chi connectivity index (χ1n) is 12.1. The number of benzene rings is 1. The summed E-state index contributed by atoms with van der Waals surface area (Å²) in [4.78, 5) is 36.5. The van der Waals surface area contributed by atoms with Crippen LogP contribution in [0.3, 0.4) is 0 Å². The number of hydrogen-bond acceptors (Lipinski definition) is 8. The van der Waals surface area contributed by atoms with Crippen molar-refractivity contribution in [3.8, 4) is 17.3 Å². The molecule has 3 amide bonds. The SMILES string of the molecule is Cc1nn(CC(N)=O)cc1-c1nc(N2CCN(C(=O)N3N=CC[C@H]3c3cc(F)cc(C#N)c3)CC2)ncc1F. The molecule has 0 spiro atoms. The maximum Gasteiger partial charge on any atom is 0.341 e. The number of rotatable bonds is 5. The highest BCUT2D eigenvalue weighted by Crippen LogP contribution is 2.31.